The molecule has 0 bridgehead atoms. The van der Waals surface area contributed by atoms with E-state index >= 15 is 0 Å². The molecule has 0 radical (unpaired) electrons. The van der Waals surface area contributed by atoms with E-state index in [1.54, 1.807) is 12.1 Å². The van der Waals surface area contributed by atoms with Gasteiger partial charge >= 0.3 is 0 Å². The highest BCUT2D eigenvalue weighted by atomic mass is 79.9. The maximum absolute atomic E-state index is 12.1. The summed E-state index contributed by atoms with van der Waals surface area (Å²) in [5.41, 5.74) is 5.74. The Balaban J connectivity index is 1.83. The number of benzene rings is 1. The molecule has 0 aliphatic rings. The molecule has 0 aliphatic carbocycles. The topological polar surface area (TPSA) is 86.9 Å². The van der Waals surface area contributed by atoms with Crippen LogP contribution in [-0.2, 0) is 4.79 Å². The van der Waals surface area contributed by atoms with Crippen molar-refractivity contribution in [2.45, 2.75) is 24.7 Å². The molecule has 2 rings (SSSR count). The van der Waals surface area contributed by atoms with E-state index in [1.165, 1.54) is 11.8 Å². The van der Waals surface area contributed by atoms with E-state index in [4.69, 9.17) is 11.6 Å². The van der Waals surface area contributed by atoms with Crippen molar-refractivity contribution in [2.75, 3.05) is 5.75 Å². The third-order valence-electron chi connectivity index (χ3n) is 3.02. The second-order valence-corrected chi connectivity index (χ2v) is 7.48. The molecule has 0 fully saturated rings. The first-order valence-electron chi connectivity index (χ1n) is 7.09. The second kappa shape index (κ2) is 8.55. The average molecular weight is 432 g/mol. The van der Waals surface area contributed by atoms with E-state index in [-0.39, 0.29) is 23.3 Å². The van der Waals surface area contributed by atoms with Crippen LogP contribution in [0.2, 0.25) is 5.02 Å². The fourth-order valence-electron chi connectivity index (χ4n) is 1.78. The lowest BCUT2D eigenvalue weighted by Gasteiger charge is -2.06. The van der Waals surface area contributed by atoms with Crippen molar-refractivity contribution in [1.29, 1.82) is 0 Å². The van der Waals surface area contributed by atoms with Gasteiger partial charge in [-0.3, -0.25) is 25.5 Å². The fraction of sp³-hybridized carbons (Fsp3) is 0.267. The third-order valence-corrected chi connectivity index (χ3v) is 5.09. The number of nitrogens with one attached hydrogen (secondary N) is 3. The number of rotatable bonds is 5. The number of hydrogen-bond acceptors (Lipinski definition) is 4. The molecule has 1 aromatic heterocycles. The average Bonchev–Trinajstić information content (AvgIpc) is 2.94. The monoisotopic (exact) mass is 430 g/mol. The van der Waals surface area contributed by atoms with Crippen LogP contribution >= 0.6 is 39.3 Å². The summed E-state index contributed by atoms with van der Waals surface area (Å²) in [5.74, 6) is -0.450. The maximum Gasteiger partial charge on any atom is 0.291 e. The number of carbonyl (C=O) groups excluding carboxylic acids is 2. The maximum atomic E-state index is 12.1. The van der Waals surface area contributed by atoms with E-state index in [0.717, 1.165) is 10.6 Å². The standard InChI is InChI=1S/C15H16BrClN4O2S/c1-8(2)13-12(16)14(20-19-13)15(23)21-18-11(22)7-24-10-5-3-9(17)4-6-10/h3-6,8H,7H2,1-2H3,(H,18,22)(H,19,20)(H,21,23). The molecule has 9 heteroatoms. The first-order chi connectivity index (χ1) is 11.4. The Kier molecular flexibility index (Phi) is 6.70. The number of halogens is 2. The zero-order chi connectivity index (χ0) is 17.7. The molecule has 24 heavy (non-hydrogen) atoms. The molecule has 3 N–H and O–H groups in total. The van der Waals surface area contributed by atoms with Crippen LogP contribution in [0, 0.1) is 0 Å². The lowest BCUT2D eigenvalue weighted by Crippen LogP contribution is -2.42. The van der Waals surface area contributed by atoms with Gasteiger partial charge in [0.05, 0.1) is 15.9 Å². The Morgan fingerprint density at radius 3 is 2.54 bits per heavy atom. The number of carbonyl (C=O) groups is 2. The van der Waals surface area contributed by atoms with Crippen LogP contribution in [0.25, 0.3) is 0 Å². The minimum absolute atomic E-state index is 0.168. The van der Waals surface area contributed by atoms with Crippen molar-refractivity contribution >= 4 is 51.1 Å². The molecular formula is C15H16BrClN4O2S. The minimum atomic E-state index is -0.491. The number of H-pyrrole nitrogens is 1. The smallest absolute Gasteiger partial charge is 0.280 e. The molecule has 2 amide bonds. The van der Waals surface area contributed by atoms with Gasteiger partial charge in [0.2, 0.25) is 5.91 Å². The summed E-state index contributed by atoms with van der Waals surface area (Å²) in [4.78, 5) is 24.8. The van der Waals surface area contributed by atoms with Crippen LogP contribution < -0.4 is 10.9 Å². The Labute approximate surface area is 157 Å². The fourth-order valence-corrected chi connectivity index (χ4v) is 3.42. The number of aromatic nitrogens is 2. The number of thioether (sulfide) groups is 1. The molecule has 0 aliphatic heterocycles. The summed E-state index contributed by atoms with van der Waals surface area (Å²) in [7, 11) is 0. The van der Waals surface area contributed by atoms with Crippen LogP contribution in [0.3, 0.4) is 0 Å². The van der Waals surface area contributed by atoms with Gasteiger partial charge < -0.3 is 0 Å². The minimum Gasteiger partial charge on any atom is -0.280 e. The molecule has 1 aromatic carbocycles. The van der Waals surface area contributed by atoms with Gasteiger partial charge in [0, 0.05) is 9.92 Å². The molecule has 2 aromatic rings. The highest BCUT2D eigenvalue weighted by molar-refractivity contribution is 9.10. The van der Waals surface area contributed by atoms with Crippen LogP contribution in [0.5, 0.6) is 0 Å². The largest absolute Gasteiger partial charge is 0.291 e. The number of aromatic amines is 1. The number of nitrogens with zero attached hydrogens (tertiary/aromatic N) is 1. The Hall–Kier alpha value is -1.51. The number of hydrazine groups is 1. The van der Waals surface area contributed by atoms with Gasteiger partial charge in [-0.15, -0.1) is 11.8 Å². The highest BCUT2D eigenvalue weighted by Gasteiger charge is 2.19. The Morgan fingerprint density at radius 2 is 1.96 bits per heavy atom. The Morgan fingerprint density at radius 1 is 1.29 bits per heavy atom. The molecular weight excluding hydrogens is 416 g/mol. The van der Waals surface area contributed by atoms with Gasteiger partial charge in [0.1, 0.15) is 0 Å². The molecule has 6 nitrogen and oxygen atoms in total. The van der Waals surface area contributed by atoms with E-state index < -0.39 is 5.91 Å². The van der Waals surface area contributed by atoms with Gasteiger partial charge in [-0.2, -0.15) is 5.10 Å². The van der Waals surface area contributed by atoms with Gasteiger partial charge in [0.15, 0.2) is 5.69 Å². The van der Waals surface area contributed by atoms with E-state index in [9.17, 15) is 9.59 Å². The predicted molar refractivity (Wildman–Crippen MR) is 98.2 cm³/mol. The van der Waals surface area contributed by atoms with Crippen LogP contribution in [0.15, 0.2) is 33.6 Å². The first kappa shape index (κ1) is 18.8. The summed E-state index contributed by atoms with van der Waals surface area (Å²) in [6.07, 6.45) is 0. The van der Waals surface area contributed by atoms with Crippen molar-refractivity contribution in [3.05, 3.63) is 45.1 Å². The molecule has 0 saturated heterocycles. The zero-order valence-electron chi connectivity index (χ0n) is 13.0. The quantitative estimate of drug-likeness (QED) is 0.499. The van der Waals surface area contributed by atoms with Crippen molar-refractivity contribution in [3.8, 4) is 0 Å². The van der Waals surface area contributed by atoms with E-state index in [1.807, 2.05) is 26.0 Å². The van der Waals surface area contributed by atoms with Crippen molar-refractivity contribution in [2.24, 2.45) is 0 Å². The summed E-state index contributed by atoms with van der Waals surface area (Å²) in [5, 5.41) is 7.41. The summed E-state index contributed by atoms with van der Waals surface area (Å²) in [6, 6.07) is 7.16. The lowest BCUT2D eigenvalue weighted by atomic mass is 10.1. The van der Waals surface area contributed by atoms with E-state index in [2.05, 4.69) is 37.0 Å². The van der Waals surface area contributed by atoms with Gasteiger partial charge in [-0.05, 0) is 46.1 Å². The molecule has 0 unspecified atom stereocenters. The van der Waals surface area contributed by atoms with Gasteiger partial charge in [-0.1, -0.05) is 25.4 Å². The first-order valence-corrected chi connectivity index (χ1v) is 9.25. The van der Waals surface area contributed by atoms with Crippen molar-refractivity contribution < 1.29 is 9.59 Å². The molecule has 0 spiro atoms. The predicted octanol–water partition coefficient (Wildman–Crippen LogP) is 3.50. The van der Waals surface area contributed by atoms with Crippen molar-refractivity contribution in [1.82, 2.24) is 21.0 Å². The van der Waals surface area contributed by atoms with Gasteiger partial charge in [-0.25, -0.2) is 0 Å². The molecule has 1 heterocycles. The number of amides is 2. The van der Waals surface area contributed by atoms with E-state index in [0.29, 0.717) is 9.50 Å². The van der Waals surface area contributed by atoms with Crippen molar-refractivity contribution in [3.63, 3.8) is 0 Å². The van der Waals surface area contributed by atoms with Crippen LogP contribution in [0.1, 0.15) is 35.9 Å². The molecule has 0 atom stereocenters. The summed E-state index contributed by atoms with van der Waals surface area (Å²) < 4.78 is 0.597. The summed E-state index contributed by atoms with van der Waals surface area (Å²) >= 11 is 10.5. The normalized spacial score (nSPS) is 10.7. The van der Waals surface area contributed by atoms with Crippen LogP contribution in [-0.4, -0.2) is 27.8 Å². The van der Waals surface area contributed by atoms with Crippen LogP contribution in [0.4, 0.5) is 0 Å². The lowest BCUT2D eigenvalue weighted by molar-refractivity contribution is -0.119. The second-order valence-electron chi connectivity index (χ2n) is 5.20. The highest BCUT2D eigenvalue weighted by Crippen LogP contribution is 2.25. The molecule has 0 saturated carbocycles. The zero-order valence-corrected chi connectivity index (χ0v) is 16.2. The number of hydrogen-bond donors (Lipinski definition) is 3. The van der Waals surface area contributed by atoms with Gasteiger partial charge in [0.25, 0.3) is 5.91 Å². The third kappa shape index (κ3) is 4.99. The summed E-state index contributed by atoms with van der Waals surface area (Å²) in [6.45, 7) is 3.96. The Bertz CT molecular complexity index is 734. The SMILES string of the molecule is CC(C)c1[nH]nc(C(=O)NNC(=O)CSc2ccc(Cl)cc2)c1Br. The molecule has 128 valence electrons.